The van der Waals surface area contributed by atoms with Crippen molar-refractivity contribution in [2.45, 2.75) is 33.7 Å². The van der Waals surface area contributed by atoms with Crippen LogP contribution in [0.15, 0.2) is 36.9 Å². The van der Waals surface area contributed by atoms with Crippen molar-refractivity contribution in [2.24, 2.45) is 0 Å². The number of amides is 1. The fourth-order valence-corrected chi connectivity index (χ4v) is 3.19. The number of halogens is 1. The first-order chi connectivity index (χ1) is 13.7. The molecule has 1 aromatic heterocycles. The highest BCUT2D eigenvalue weighted by molar-refractivity contribution is 6.07. The number of aromatic amines is 1. The Morgan fingerprint density at radius 3 is 2.41 bits per heavy atom. The van der Waals surface area contributed by atoms with Crippen molar-refractivity contribution in [3.63, 3.8) is 0 Å². The molecule has 2 rings (SSSR count). The molecule has 1 N–H and O–H groups in total. The minimum absolute atomic E-state index is 0.135. The zero-order chi connectivity index (χ0) is 21.7. The van der Waals surface area contributed by atoms with E-state index in [1.54, 1.807) is 27.7 Å². The summed E-state index contributed by atoms with van der Waals surface area (Å²) in [6.45, 7) is 10.7. The number of carbonyl (C=O) groups excluding carboxylic acids is 3. The van der Waals surface area contributed by atoms with Crippen LogP contribution in [0.1, 0.15) is 56.3 Å². The van der Waals surface area contributed by atoms with Gasteiger partial charge in [-0.25, -0.2) is 9.18 Å². The molecule has 6 nitrogen and oxygen atoms in total. The molecule has 7 heteroatoms. The third kappa shape index (κ3) is 4.62. The van der Waals surface area contributed by atoms with Crippen LogP contribution in [-0.2, 0) is 4.74 Å². The van der Waals surface area contributed by atoms with Gasteiger partial charge >= 0.3 is 5.97 Å². The van der Waals surface area contributed by atoms with Gasteiger partial charge in [0, 0.05) is 23.4 Å². The van der Waals surface area contributed by atoms with Crippen molar-refractivity contribution in [1.29, 1.82) is 0 Å². The number of aryl methyl sites for hydroxylation is 1. The molecule has 0 bridgehead atoms. The number of nitrogens with one attached hydrogen (secondary N) is 1. The molecule has 2 aromatic rings. The quantitative estimate of drug-likeness (QED) is 0.415. The van der Waals surface area contributed by atoms with Crippen LogP contribution in [-0.4, -0.2) is 46.7 Å². The van der Waals surface area contributed by atoms with Gasteiger partial charge in [-0.3, -0.25) is 9.59 Å². The van der Waals surface area contributed by atoms with Crippen LogP contribution in [0.25, 0.3) is 0 Å². The molecule has 0 spiro atoms. The lowest BCUT2D eigenvalue weighted by atomic mass is 9.99. The monoisotopic (exact) mass is 400 g/mol. The molecule has 0 aliphatic carbocycles. The van der Waals surface area contributed by atoms with Crippen LogP contribution in [0.4, 0.5) is 4.39 Å². The molecule has 154 valence electrons. The normalized spacial score (nSPS) is 11.6. The van der Waals surface area contributed by atoms with Gasteiger partial charge in [-0.15, -0.1) is 6.58 Å². The van der Waals surface area contributed by atoms with Gasteiger partial charge in [0.2, 0.25) is 0 Å². The number of rotatable bonds is 8. The molecule has 1 unspecified atom stereocenters. The number of ketones is 1. The maximum absolute atomic E-state index is 13.2. The van der Waals surface area contributed by atoms with Crippen molar-refractivity contribution in [2.75, 3.05) is 13.2 Å². The fourth-order valence-electron chi connectivity index (χ4n) is 3.19. The van der Waals surface area contributed by atoms with Gasteiger partial charge < -0.3 is 14.6 Å². The molecule has 0 aliphatic rings. The van der Waals surface area contributed by atoms with Crippen LogP contribution >= 0.6 is 0 Å². The van der Waals surface area contributed by atoms with Crippen LogP contribution < -0.4 is 0 Å². The summed E-state index contributed by atoms with van der Waals surface area (Å²) < 4.78 is 18.2. The Morgan fingerprint density at radius 1 is 1.24 bits per heavy atom. The number of benzene rings is 1. The SMILES string of the molecule is C=CCN(C(=O)c1ccc(F)cc1)C(C)C(=O)c1c(C)[nH]c(C(=O)OCC)c1C. The first kappa shape index (κ1) is 22.1. The van der Waals surface area contributed by atoms with Crippen LogP contribution in [0, 0.1) is 19.7 Å². The van der Waals surface area contributed by atoms with E-state index in [1.165, 1.54) is 35.2 Å². The first-order valence-electron chi connectivity index (χ1n) is 9.30. The average molecular weight is 400 g/mol. The topological polar surface area (TPSA) is 79.5 Å². The fraction of sp³-hybridized carbons (Fsp3) is 0.318. The largest absolute Gasteiger partial charge is 0.461 e. The standard InChI is InChI=1S/C22H25FN2O4/c1-6-12-25(21(27)16-8-10-17(23)11-9-16)15(5)20(26)18-13(3)19(24-14(18)4)22(28)29-7-2/h6,8-11,15,24H,1,7,12H2,2-5H3. The summed E-state index contributed by atoms with van der Waals surface area (Å²) in [4.78, 5) is 42.5. The number of ether oxygens (including phenoxy) is 1. The molecule has 1 atom stereocenters. The molecule has 0 saturated heterocycles. The molecular weight excluding hydrogens is 375 g/mol. The zero-order valence-corrected chi connectivity index (χ0v) is 17.0. The van der Waals surface area contributed by atoms with E-state index >= 15 is 0 Å². The van der Waals surface area contributed by atoms with Gasteiger partial charge in [-0.2, -0.15) is 0 Å². The molecule has 0 radical (unpaired) electrons. The summed E-state index contributed by atoms with van der Waals surface area (Å²) in [5.74, 6) is -1.72. The lowest BCUT2D eigenvalue weighted by molar-refractivity contribution is 0.0519. The van der Waals surface area contributed by atoms with Crippen molar-refractivity contribution in [1.82, 2.24) is 9.88 Å². The summed E-state index contributed by atoms with van der Waals surface area (Å²) in [7, 11) is 0. The molecule has 29 heavy (non-hydrogen) atoms. The summed E-state index contributed by atoms with van der Waals surface area (Å²) in [6.07, 6.45) is 1.52. The van der Waals surface area contributed by atoms with Crippen molar-refractivity contribution < 1.29 is 23.5 Å². The highest BCUT2D eigenvalue weighted by Gasteiger charge is 2.31. The lowest BCUT2D eigenvalue weighted by Crippen LogP contribution is -2.43. The molecule has 1 amide bonds. The van der Waals surface area contributed by atoms with E-state index in [1.807, 2.05) is 0 Å². The zero-order valence-electron chi connectivity index (χ0n) is 17.0. The highest BCUT2D eigenvalue weighted by Crippen LogP contribution is 2.23. The van der Waals surface area contributed by atoms with E-state index in [2.05, 4.69) is 11.6 Å². The molecular formula is C22H25FN2O4. The first-order valence-corrected chi connectivity index (χ1v) is 9.30. The van der Waals surface area contributed by atoms with Gasteiger partial charge in [0.15, 0.2) is 5.78 Å². The third-order valence-corrected chi connectivity index (χ3v) is 4.69. The summed E-state index contributed by atoms with van der Waals surface area (Å²) in [5, 5.41) is 0. The molecule has 1 aromatic carbocycles. The number of Topliss-reactive ketones (excluding diaryl/α,β-unsaturated/α-hetero) is 1. The van der Waals surface area contributed by atoms with Gasteiger partial charge in [-0.1, -0.05) is 6.08 Å². The second kappa shape index (κ2) is 9.32. The Balaban J connectivity index is 2.37. The lowest BCUT2D eigenvalue weighted by Gasteiger charge is -2.27. The van der Waals surface area contributed by atoms with Gasteiger partial charge in [0.25, 0.3) is 5.91 Å². The minimum atomic E-state index is -0.825. The van der Waals surface area contributed by atoms with E-state index in [0.717, 1.165) is 0 Å². The van der Waals surface area contributed by atoms with Gasteiger partial charge in [0.1, 0.15) is 11.5 Å². The van der Waals surface area contributed by atoms with E-state index in [-0.39, 0.29) is 30.2 Å². The average Bonchev–Trinajstić information content (AvgIpc) is 2.99. The predicted molar refractivity (Wildman–Crippen MR) is 108 cm³/mol. The number of hydrogen-bond donors (Lipinski definition) is 1. The minimum Gasteiger partial charge on any atom is -0.461 e. The van der Waals surface area contributed by atoms with E-state index < -0.39 is 23.7 Å². The summed E-state index contributed by atoms with van der Waals surface area (Å²) in [6, 6.07) is 4.30. The molecule has 0 fully saturated rings. The van der Waals surface area contributed by atoms with Crippen LogP contribution in [0.5, 0.6) is 0 Å². The number of aromatic nitrogens is 1. The Morgan fingerprint density at radius 2 is 1.86 bits per heavy atom. The van der Waals surface area contributed by atoms with E-state index in [0.29, 0.717) is 16.8 Å². The maximum Gasteiger partial charge on any atom is 0.355 e. The Bertz CT molecular complexity index is 931. The maximum atomic E-state index is 13.2. The number of hydrogen-bond acceptors (Lipinski definition) is 4. The van der Waals surface area contributed by atoms with Crippen molar-refractivity contribution in [3.8, 4) is 0 Å². The Kier molecular flexibility index (Phi) is 7.09. The summed E-state index contributed by atoms with van der Waals surface area (Å²) >= 11 is 0. The number of nitrogens with zero attached hydrogens (tertiary/aromatic N) is 1. The van der Waals surface area contributed by atoms with E-state index in [9.17, 15) is 18.8 Å². The second-order valence-corrected chi connectivity index (χ2v) is 6.64. The number of esters is 1. The number of carbonyl (C=O) groups is 3. The van der Waals surface area contributed by atoms with Crippen LogP contribution in [0.3, 0.4) is 0 Å². The van der Waals surface area contributed by atoms with Crippen LogP contribution in [0.2, 0.25) is 0 Å². The van der Waals surface area contributed by atoms with E-state index in [4.69, 9.17) is 4.74 Å². The van der Waals surface area contributed by atoms with Crippen molar-refractivity contribution in [3.05, 3.63) is 70.8 Å². The predicted octanol–water partition coefficient (Wildman–Crippen LogP) is 3.85. The Hall–Kier alpha value is -3.22. The molecule has 0 aliphatic heterocycles. The summed E-state index contributed by atoms with van der Waals surface area (Å²) in [5.41, 5.74) is 1.84. The molecule has 1 heterocycles. The van der Waals surface area contributed by atoms with Gasteiger partial charge in [0.05, 0.1) is 12.6 Å². The molecule has 0 saturated carbocycles. The third-order valence-electron chi connectivity index (χ3n) is 4.69. The second-order valence-electron chi connectivity index (χ2n) is 6.64. The Labute approximate surface area is 169 Å². The highest BCUT2D eigenvalue weighted by atomic mass is 19.1. The van der Waals surface area contributed by atoms with Gasteiger partial charge in [-0.05, 0) is 57.5 Å². The number of H-pyrrole nitrogens is 1. The smallest absolute Gasteiger partial charge is 0.355 e. The van der Waals surface area contributed by atoms with Crippen molar-refractivity contribution >= 4 is 17.7 Å².